The van der Waals surface area contributed by atoms with E-state index in [1.54, 1.807) is 4.68 Å². The number of nitrogens with zero attached hydrogens (tertiary/aromatic N) is 1. The van der Waals surface area contributed by atoms with E-state index in [2.05, 4.69) is 21.0 Å². The third-order valence-corrected chi connectivity index (χ3v) is 3.86. The average molecular weight is 310 g/mol. The van der Waals surface area contributed by atoms with Gasteiger partial charge in [0.2, 0.25) is 0 Å². The van der Waals surface area contributed by atoms with Crippen LogP contribution in [0.5, 0.6) is 0 Å². The van der Waals surface area contributed by atoms with Crippen molar-refractivity contribution in [2.75, 3.05) is 6.54 Å². The molecule has 5 heteroatoms. The summed E-state index contributed by atoms with van der Waals surface area (Å²) in [6, 6.07) is 5.83. The predicted molar refractivity (Wildman–Crippen MR) is 76.3 cm³/mol. The summed E-state index contributed by atoms with van der Waals surface area (Å²) in [5.41, 5.74) is 9.10. The van der Waals surface area contributed by atoms with Gasteiger partial charge in [0.05, 0.1) is 5.69 Å². The molecule has 1 aromatic carbocycles. The van der Waals surface area contributed by atoms with Gasteiger partial charge < -0.3 is 5.73 Å². The maximum Gasteiger partial charge on any atom is 0.274 e. The van der Waals surface area contributed by atoms with Gasteiger partial charge in [-0.25, -0.2) is 4.68 Å². The lowest BCUT2D eigenvalue weighted by molar-refractivity contribution is 0.832. The Kier molecular flexibility index (Phi) is 3.73. The van der Waals surface area contributed by atoms with Crippen molar-refractivity contribution in [1.29, 1.82) is 0 Å². The van der Waals surface area contributed by atoms with E-state index in [0.717, 1.165) is 27.0 Å². The number of rotatable bonds is 3. The van der Waals surface area contributed by atoms with Crippen molar-refractivity contribution in [3.05, 3.63) is 49.8 Å². The highest BCUT2D eigenvalue weighted by Crippen LogP contribution is 2.19. The van der Waals surface area contributed by atoms with Crippen LogP contribution in [0.15, 0.2) is 27.5 Å². The number of aromatic nitrogens is 2. The zero-order valence-electron chi connectivity index (χ0n) is 10.5. The summed E-state index contributed by atoms with van der Waals surface area (Å²) in [6.45, 7) is 4.38. The minimum Gasteiger partial charge on any atom is -0.330 e. The molecule has 0 aliphatic carbocycles. The topological polar surface area (TPSA) is 63.8 Å². The molecule has 1 aromatic heterocycles. The first-order chi connectivity index (χ1) is 8.54. The smallest absolute Gasteiger partial charge is 0.274 e. The number of aryl methyl sites for hydroxylation is 2. The summed E-state index contributed by atoms with van der Waals surface area (Å²) in [7, 11) is 0. The number of nitrogens with one attached hydrogen (secondary N) is 1. The van der Waals surface area contributed by atoms with Gasteiger partial charge in [0, 0.05) is 15.7 Å². The third-order valence-electron chi connectivity index (χ3n) is 3.00. The van der Waals surface area contributed by atoms with E-state index in [-0.39, 0.29) is 5.56 Å². The van der Waals surface area contributed by atoms with Gasteiger partial charge in [-0.05, 0) is 44.5 Å². The van der Waals surface area contributed by atoms with Crippen molar-refractivity contribution in [2.24, 2.45) is 5.73 Å². The molecule has 0 atom stereocenters. The van der Waals surface area contributed by atoms with Crippen LogP contribution in [0.4, 0.5) is 0 Å². The van der Waals surface area contributed by atoms with Gasteiger partial charge in [0.25, 0.3) is 5.56 Å². The fourth-order valence-corrected chi connectivity index (χ4v) is 2.29. The summed E-state index contributed by atoms with van der Waals surface area (Å²) >= 11 is 3.47. The molecule has 0 radical (unpaired) electrons. The molecule has 0 fully saturated rings. The maximum atomic E-state index is 12.2. The van der Waals surface area contributed by atoms with E-state index in [9.17, 15) is 4.79 Å². The number of aromatic amines is 1. The van der Waals surface area contributed by atoms with E-state index >= 15 is 0 Å². The van der Waals surface area contributed by atoms with Crippen LogP contribution >= 0.6 is 15.9 Å². The molecule has 2 aromatic rings. The molecule has 0 aliphatic rings. The number of hydrogen-bond acceptors (Lipinski definition) is 2. The Morgan fingerprint density at radius 2 is 2.11 bits per heavy atom. The Bertz CT molecular complexity index is 628. The zero-order chi connectivity index (χ0) is 13.3. The van der Waals surface area contributed by atoms with E-state index in [0.29, 0.717) is 13.0 Å². The zero-order valence-corrected chi connectivity index (χ0v) is 12.0. The summed E-state index contributed by atoms with van der Waals surface area (Å²) in [4.78, 5) is 12.2. The first-order valence-corrected chi connectivity index (χ1v) is 6.61. The number of nitrogens with two attached hydrogens (primary N) is 1. The fourth-order valence-electron chi connectivity index (χ4n) is 1.92. The van der Waals surface area contributed by atoms with Gasteiger partial charge in [-0.2, -0.15) is 0 Å². The largest absolute Gasteiger partial charge is 0.330 e. The lowest BCUT2D eigenvalue weighted by atomic mass is 10.2. The van der Waals surface area contributed by atoms with Crippen LogP contribution in [-0.2, 0) is 6.42 Å². The SMILES string of the molecule is Cc1ccc(-n2[nH]c(C)c(CCN)c2=O)cc1Br. The molecule has 96 valence electrons. The van der Waals surface area contributed by atoms with Crippen LogP contribution < -0.4 is 11.3 Å². The first kappa shape index (κ1) is 13.1. The van der Waals surface area contributed by atoms with Crippen molar-refractivity contribution in [3.8, 4) is 5.69 Å². The quantitative estimate of drug-likeness (QED) is 0.911. The second kappa shape index (κ2) is 5.12. The van der Waals surface area contributed by atoms with Gasteiger partial charge in [0.15, 0.2) is 0 Å². The molecule has 18 heavy (non-hydrogen) atoms. The van der Waals surface area contributed by atoms with E-state index < -0.39 is 0 Å². The second-order valence-electron chi connectivity index (χ2n) is 4.33. The molecule has 0 saturated carbocycles. The normalized spacial score (nSPS) is 10.9. The van der Waals surface area contributed by atoms with Crippen LogP contribution in [-0.4, -0.2) is 16.3 Å². The first-order valence-electron chi connectivity index (χ1n) is 5.81. The highest BCUT2D eigenvalue weighted by molar-refractivity contribution is 9.10. The summed E-state index contributed by atoms with van der Waals surface area (Å²) in [6.07, 6.45) is 0.598. The van der Waals surface area contributed by atoms with Crippen LogP contribution in [0.25, 0.3) is 5.69 Å². The van der Waals surface area contributed by atoms with E-state index in [1.807, 2.05) is 32.0 Å². The van der Waals surface area contributed by atoms with Crippen molar-refractivity contribution in [1.82, 2.24) is 9.78 Å². The van der Waals surface area contributed by atoms with Gasteiger partial charge in [0.1, 0.15) is 0 Å². The Balaban J connectivity index is 2.54. The Morgan fingerprint density at radius 3 is 2.72 bits per heavy atom. The minimum absolute atomic E-state index is 0.0197. The van der Waals surface area contributed by atoms with Gasteiger partial charge in [-0.3, -0.25) is 9.89 Å². The molecular weight excluding hydrogens is 294 g/mol. The van der Waals surface area contributed by atoms with Crippen LogP contribution in [0.1, 0.15) is 16.8 Å². The Hall–Kier alpha value is -1.33. The molecule has 2 rings (SSSR count). The molecule has 0 saturated heterocycles. The van der Waals surface area contributed by atoms with Crippen LogP contribution in [0.2, 0.25) is 0 Å². The number of benzene rings is 1. The molecule has 0 unspecified atom stereocenters. The van der Waals surface area contributed by atoms with Gasteiger partial charge in [-0.15, -0.1) is 0 Å². The summed E-state index contributed by atoms with van der Waals surface area (Å²) in [5, 5.41) is 3.09. The van der Waals surface area contributed by atoms with Crippen molar-refractivity contribution in [3.63, 3.8) is 0 Å². The standard InChI is InChI=1S/C13H16BrN3O/c1-8-3-4-10(7-12(8)14)17-13(18)11(5-6-15)9(2)16-17/h3-4,7,16H,5-6,15H2,1-2H3. The maximum absolute atomic E-state index is 12.2. The Morgan fingerprint density at radius 1 is 1.39 bits per heavy atom. The van der Waals surface area contributed by atoms with Crippen molar-refractivity contribution < 1.29 is 0 Å². The molecule has 0 spiro atoms. The predicted octanol–water partition coefficient (Wildman–Crippen LogP) is 2.05. The van der Waals surface area contributed by atoms with E-state index in [1.165, 1.54) is 0 Å². The third kappa shape index (κ3) is 2.28. The average Bonchev–Trinajstić information content (AvgIpc) is 2.61. The number of H-pyrrole nitrogens is 1. The number of halogens is 1. The fraction of sp³-hybridized carbons (Fsp3) is 0.308. The number of hydrogen-bond donors (Lipinski definition) is 2. The highest BCUT2D eigenvalue weighted by Gasteiger charge is 2.11. The monoisotopic (exact) mass is 309 g/mol. The lowest BCUT2D eigenvalue weighted by Crippen LogP contribution is -2.19. The summed E-state index contributed by atoms with van der Waals surface area (Å²) < 4.78 is 2.55. The van der Waals surface area contributed by atoms with Crippen LogP contribution in [0, 0.1) is 13.8 Å². The molecule has 0 amide bonds. The minimum atomic E-state index is -0.0197. The van der Waals surface area contributed by atoms with Crippen LogP contribution in [0.3, 0.4) is 0 Å². The Labute approximate surface area is 114 Å². The summed E-state index contributed by atoms with van der Waals surface area (Å²) in [5.74, 6) is 0. The molecule has 0 aliphatic heterocycles. The lowest BCUT2D eigenvalue weighted by Gasteiger charge is -2.04. The molecular formula is C13H16BrN3O. The van der Waals surface area contributed by atoms with Crippen molar-refractivity contribution >= 4 is 15.9 Å². The molecule has 1 heterocycles. The molecule has 0 bridgehead atoms. The van der Waals surface area contributed by atoms with Crippen molar-refractivity contribution in [2.45, 2.75) is 20.3 Å². The second-order valence-corrected chi connectivity index (χ2v) is 5.18. The van der Waals surface area contributed by atoms with Gasteiger partial charge >= 0.3 is 0 Å². The van der Waals surface area contributed by atoms with E-state index in [4.69, 9.17) is 5.73 Å². The highest BCUT2D eigenvalue weighted by atomic mass is 79.9. The molecule has 4 nitrogen and oxygen atoms in total. The molecule has 3 N–H and O–H groups in total. The van der Waals surface area contributed by atoms with Gasteiger partial charge in [-0.1, -0.05) is 22.0 Å².